The molecule has 1 aromatic carbocycles. The van der Waals surface area contributed by atoms with Gasteiger partial charge in [-0.15, -0.1) is 0 Å². The van der Waals surface area contributed by atoms with Crippen molar-refractivity contribution < 1.29 is 5.11 Å². The number of aromatic hydroxyl groups is 1. The Morgan fingerprint density at radius 3 is 2.43 bits per heavy atom. The third-order valence-corrected chi connectivity index (χ3v) is 4.23. The maximum absolute atomic E-state index is 9.86. The van der Waals surface area contributed by atoms with Crippen LogP contribution in [-0.4, -0.2) is 10.1 Å². The summed E-state index contributed by atoms with van der Waals surface area (Å²) >= 11 is 0. The number of phenolic OH excluding ortho intramolecular Hbond substituents is 1. The molecule has 0 aliphatic heterocycles. The van der Waals surface area contributed by atoms with Gasteiger partial charge in [0.2, 0.25) is 0 Å². The van der Waals surface area contributed by atoms with Crippen LogP contribution in [0.1, 0.15) is 70.4 Å². The van der Waals surface area contributed by atoms with E-state index < -0.39 is 0 Å². The van der Waals surface area contributed by atoms with Crippen LogP contribution in [0.3, 0.4) is 0 Å². The van der Waals surface area contributed by atoms with Crippen molar-refractivity contribution in [2.24, 2.45) is 0 Å². The zero-order chi connectivity index (χ0) is 16.3. The van der Waals surface area contributed by atoms with Gasteiger partial charge in [-0.05, 0) is 31.1 Å². The topological polar surface area (TPSA) is 33.1 Å². The molecule has 2 nitrogen and oxygen atoms in total. The van der Waals surface area contributed by atoms with Gasteiger partial charge in [-0.25, -0.2) is 4.98 Å². The molecule has 0 saturated heterocycles. The van der Waals surface area contributed by atoms with Gasteiger partial charge < -0.3 is 5.11 Å². The van der Waals surface area contributed by atoms with Crippen LogP contribution >= 0.6 is 0 Å². The summed E-state index contributed by atoms with van der Waals surface area (Å²) in [5.41, 5.74) is 1.60. The lowest BCUT2D eigenvalue weighted by Gasteiger charge is -2.01. The fourth-order valence-corrected chi connectivity index (χ4v) is 2.84. The van der Waals surface area contributed by atoms with Crippen LogP contribution in [0.5, 0.6) is 5.75 Å². The molecule has 23 heavy (non-hydrogen) atoms. The van der Waals surface area contributed by atoms with E-state index in [1.54, 1.807) is 6.07 Å². The second-order valence-electron chi connectivity index (χ2n) is 6.25. The normalized spacial score (nSPS) is 11.5. The Kier molecular flexibility index (Phi) is 7.65. The highest BCUT2D eigenvalue weighted by Gasteiger charge is 2.00. The second kappa shape index (κ2) is 10.0. The van der Waals surface area contributed by atoms with Gasteiger partial charge in [0.1, 0.15) is 11.3 Å². The summed E-state index contributed by atoms with van der Waals surface area (Å²) in [4.78, 5) is 4.51. The lowest BCUT2D eigenvalue weighted by Crippen LogP contribution is -1.84. The predicted molar refractivity (Wildman–Crippen MR) is 99.7 cm³/mol. The molecule has 124 valence electrons. The number of unbranched alkanes of at least 4 members (excludes halogenated alkanes) is 8. The molecule has 2 aromatic rings. The smallest absolute Gasteiger partial charge is 0.141 e. The molecule has 1 aromatic heterocycles. The zero-order valence-electron chi connectivity index (χ0n) is 14.3. The van der Waals surface area contributed by atoms with E-state index in [0.717, 1.165) is 17.5 Å². The van der Waals surface area contributed by atoms with Crippen LogP contribution in [-0.2, 0) is 0 Å². The minimum absolute atomic E-state index is 0.251. The quantitative estimate of drug-likeness (QED) is 0.509. The number of pyridine rings is 1. The van der Waals surface area contributed by atoms with Crippen LogP contribution < -0.4 is 0 Å². The monoisotopic (exact) mass is 311 g/mol. The maximum Gasteiger partial charge on any atom is 0.141 e. The largest absolute Gasteiger partial charge is 0.506 e. The average Bonchev–Trinajstić information content (AvgIpc) is 2.57. The van der Waals surface area contributed by atoms with Crippen molar-refractivity contribution in [2.75, 3.05) is 0 Å². The van der Waals surface area contributed by atoms with Crippen molar-refractivity contribution in [3.63, 3.8) is 0 Å². The van der Waals surface area contributed by atoms with E-state index >= 15 is 0 Å². The van der Waals surface area contributed by atoms with E-state index in [9.17, 15) is 5.11 Å². The fraction of sp³-hybridized carbons (Fsp3) is 0.476. The Balaban J connectivity index is 1.69. The third kappa shape index (κ3) is 6.05. The SMILES string of the molecule is CCCCCCCCCC/C=C/c1ccc2cccc(O)c2n1. The summed E-state index contributed by atoms with van der Waals surface area (Å²) in [6.07, 6.45) is 16.2. The number of para-hydroxylation sites is 1. The van der Waals surface area contributed by atoms with Crippen LogP contribution in [0.4, 0.5) is 0 Å². The Hall–Kier alpha value is -1.83. The minimum Gasteiger partial charge on any atom is -0.506 e. The van der Waals surface area contributed by atoms with Crippen molar-refractivity contribution in [2.45, 2.75) is 64.7 Å². The number of hydrogen-bond acceptors (Lipinski definition) is 2. The molecule has 0 saturated carbocycles. The van der Waals surface area contributed by atoms with E-state index in [4.69, 9.17) is 0 Å². The second-order valence-corrected chi connectivity index (χ2v) is 6.25. The van der Waals surface area contributed by atoms with Crippen LogP contribution in [0.2, 0.25) is 0 Å². The van der Waals surface area contributed by atoms with Crippen molar-refractivity contribution in [3.8, 4) is 5.75 Å². The number of rotatable bonds is 10. The minimum atomic E-state index is 0.251. The summed E-state index contributed by atoms with van der Waals surface area (Å²) in [5, 5.41) is 10.8. The van der Waals surface area contributed by atoms with Crippen LogP contribution in [0.15, 0.2) is 36.4 Å². The van der Waals surface area contributed by atoms with Gasteiger partial charge in [0, 0.05) is 5.39 Å². The molecule has 2 heteroatoms. The summed E-state index contributed by atoms with van der Waals surface area (Å²) < 4.78 is 0. The first-order valence-corrected chi connectivity index (χ1v) is 9.06. The van der Waals surface area contributed by atoms with E-state index in [0.29, 0.717) is 5.52 Å². The Labute approximate surface area is 140 Å². The molecular formula is C21H29NO. The highest BCUT2D eigenvalue weighted by atomic mass is 16.3. The van der Waals surface area contributed by atoms with E-state index in [2.05, 4.69) is 24.1 Å². The lowest BCUT2D eigenvalue weighted by molar-refractivity contribution is 0.480. The summed E-state index contributed by atoms with van der Waals surface area (Å²) in [6, 6.07) is 9.51. The molecule has 2 rings (SSSR count). The molecule has 0 amide bonds. The highest BCUT2D eigenvalue weighted by Crippen LogP contribution is 2.22. The van der Waals surface area contributed by atoms with E-state index in [-0.39, 0.29) is 5.75 Å². The van der Waals surface area contributed by atoms with Gasteiger partial charge >= 0.3 is 0 Å². The highest BCUT2D eigenvalue weighted by molar-refractivity contribution is 5.84. The molecule has 0 unspecified atom stereocenters. The average molecular weight is 311 g/mol. The summed E-state index contributed by atoms with van der Waals surface area (Å²) in [6.45, 7) is 2.26. The van der Waals surface area contributed by atoms with Crippen molar-refractivity contribution in [1.82, 2.24) is 4.98 Å². The molecule has 1 N–H and O–H groups in total. The number of hydrogen-bond donors (Lipinski definition) is 1. The summed E-state index contributed by atoms with van der Waals surface area (Å²) in [5.74, 6) is 0.251. The predicted octanol–water partition coefficient (Wildman–Crippen LogP) is 6.48. The molecule has 0 spiro atoms. The number of fused-ring (bicyclic) bond motifs is 1. The maximum atomic E-state index is 9.86. The van der Waals surface area contributed by atoms with Crippen LogP contribution in [0, 0.1) is 0 Å². The van der Waals surface area contributed by atoms with Gasteiger partial charge in [-0.1, -0.05) is 76.1 Å². The first kappa shape index (κ1) is 17.5. The van der Waals surface area contributed by atoms with Crippen molar-refractivity contribution >= 4 is 17.0 Å². The molecule has 0 radical (unpaired) electrons. The molecular weight excluding hydrogens is 282 g/mol. The number of nitrogens with zero attached hydrogens (tertiary/aromatic N) is 1. The molecule has 0 aliphatic rings. The number of phenols is 1. The molecule has 0 atom stereocenters. The Morgan fingerprint density at radius 1 is 0.913 bits per heavy atom. The first-order chi connectivity index (χ1) is 11.3. The van der Waals surface area contributed by atoms with Gasteiger partial charge in [0.25, 0.3) is 0 Å². The van der Waals surface area contributed by atoms with Gasteiger partial charge in [0.15, 0.2) is 0 Å². The summed E-state index contributed by atoms with van der Waals surface area (Å²) in [7, 11) is 0. The third-order valence-electron chi connectivity index (χ3n) is 4.23. The zero-order valence-corrected chi connectivity index (χ0v) is 14.3. The molecule has 1 heterocycles. The number of aromatic nitrogens is 1. The van der Waals surface area contributed by atoms with Crippen LogP contribution in [0.25, 0.3) is 17.0 Å². The molecule has 0 aliphatic carbocycles. The Bertz CT molecular complexity index is 618. The Morgan fingerprint density at radius 2 is 1.65 bits per heavy atom. The number of allylic oxidation sites excluding steroid dienone is 1. The molecule has 0 bridgehead atoms. The van der Waals surface area contributed by atoms with Gasteiger partial charge in [-0.3, -0.25) is 0 Å². The first-order valence-electron chi connectivity index (χ1n) is 9.06. The van der Waals surface area contributed by atoms with E-state index in [1.807, 2.05) is 24.3 Å². The number of benzene rings is 1. The van der Waals surface area contributed by atoms with Crippen molar-refractivity contribution in [1.29, 1.82) is 0 Å². The van der Waals surface area contributed by atoms with Crippen molar-refractivity contribution in [3.05, 3.63) is 42.1 Å². The lowest BCUT2D eigenvalue weighted by atomic mass is 10.1. The fourth-order valence-electron chi connectivity index (χ4n) is 2.84. The molecule has 0 fully saturated rings. The standard InChI is InChI=1S/C21H29NO/c1-2-3-4-5-6-7-8-9-10-11-14-19-17-16-18-13-12-15-20(23)21(18)22-19/h11-17,23H,2-10H2,1H3/b14-11+. The van der Waals surface area contributed by atoms with Gasteiger partial charge in [0.05, 0.1) is 5.69 Å². The van der Waals surface area contributed by atoms with Gasteiger partial charge in [-0.2, -0.15) is 0 Å². The van der Waals surface area contributed by atoms with E-state index in [1.165, 1.54) is 51.4 Å².